The van der Waals surface area contributed by atoms with Gasteiger partial charge in [-0.15, -0.1) is 0 Å². The molecule has 0 radical (unpaired) electrons. The first-order valence-corrected chi connectivity index (χ1v) is 7.53. The number of aliphatic hydroxyl groups is 1. The van der Waals surface area contributed by atoms with Gasteiger partial charge in [-0.1, -0.05) is 30.4 Å². The van der Waals surface area contributed by atoms with Gasteiger partial charge in [0.2, 0.25) is 11.8 Å². The molecule has 0 spiro atoms. The highest BCUT2D eigenvalue weighted by Crippen LogP contribution is 2.35. The maximum Gasteiger partial charge on any atom is 0.233 e. The number of benzene rings is 1. The first kappa shape index (κ1) is 14.8. The number of aliphatic hydroxyl groups excluding tert-OH is 1. The lowest BCUT2D eigenvalue weighted by molar-refractivity contribution is -0.141. The molecule has 5 nitrogen and oxygen atoms in total. The number of para-hydroxylation sites is 1. The Labute approximate surface area is 129 Å². The number of fused-ring (bicyclic) bond motifs is 1. The zero-order valence-corrected chi connectivity index (χ0v) is 12.2. The number of likely N-dealkylation sites (tertiary alicyclic amines) is 1. The summed E-state index contributed by atoms with van der Waals surface area (Å²) < 4.78 is 5.46. The quantitative estimate of drug-likeness (QED) is 0.659. The fourth-order valence-corrected chi connectivity index (χ4v) is 3.02. The van der Waals surface area contributed by atoms with Gasteiger partial charge in [-0.2, -0.15) is 0 Å². The highest BCUT2D eigenvalue weighted by atomic mass is 16.5. The monoisotopic (exact) mass is 301 g/mol. The number of ether oxygens (including phenoxy) is 1. The molecule has 1 aromatic rings. The van der Waals surface area contributed by atoms with Gasteiger partial charge in [0.25, 0.3) is 0 Å². The minimum absolute atomic E-state index is 0.00248. The van der Waals surface area contributed by atoms with Gasteiger partial charge in [-0.3, -0.25) is 14.5 Å². The van der Waals surface area contributed by atoms with Gasteiger partial charge in [0, 0.05) is 0 Å². The molecular weight excluding hydrogens is 282 g/mol. The Hall–Kier alpha value is -2.14. The highest BCUT2D eigenvalue weighted by Gasteiger charge is 2.47. The van der Waals surface area contributed by atoms with Crippen LogP contribution in [0.15, 0.2) is 42.5 Å². The molecular formula is C17H19NO4. The third-order valence-corrected chi connectivity index (χ3v) is 4.18. The molecule has 2 aliphatic rings. The summed E-state index contributed by atoms with van der Waals surface area (Å²) in [6.07, 6.45) is 4.24. The minimum Gasteiger partial charge on any atom is -0.491 e. The van der Waals surface area contributed by atoms with E-state index in [-0.39, 0.29) is 36.8 Å². The lowest BCUT2D eigenvalue weighted by Gasteiger charge is -2.19. The molecule has 1 aliphatic carbocycles. The van der Waals surface area contributed by atoms with Gasteiger partial charge in [-0.25, -0.2) is 0 Å². The van der Waals surface area contributed by atoms with Crippen molar-refractivity contribution in [3.63, 3.8) is 0 Å². The van der Waals surface area contributed by atoms with Crippen molar-refractivity contribution >= 4 is 11.8 Å². The van der Waals surface area contributed by atoms with Gasteiger partial charge in [0.15, 0.2) is 0 Å². The number of hydrogen-bond acceptors (Lipinski definition) is 4. The number of hydrogen-bond donors (Lipinski definition) is 1. The lowest BCUT2D eigenvalue weighted by Crippen LogP contribution is -2.40. The first-order valence-electron chi connectivity index (χ1n) is 7.53. The molecule has 0 saturated carbocycles. The average Bonchev–Trinajstić information content (AvgIpc) is 2.79. The van der Waals surface area contributed by atoms with Crippen molar-refractivity contribution in [2.24, 2.45) is 11.8 Å². The number of imide groups is 1. The smallest absolute Gasteiger partial charge is 0.233 e. The van der Waals surface area contributed by atoms with E-state index in [1.807, 2.05) is 30.4 Å². The molecule has 1 heterocycles. The highest BCUT2D eigenvalue weighted by molar-refractivity contribution is 6.05. The SMILES string of the molecule is O=C1[C@H]2CC=CC[C@H]2C(=O)N1C[C@@H](O)COc1ccccc1. The number of carbonyl (C=O) groups is 2. The van der Waals surface area contributed by atoms with Gasteiger partial charge in [0.1, 0.15) is 18.5 Å². The number of rotatable bonds is 5. The molecule has 116 valence electrons. The van der Waals surface area contributed by atoms with Crippen LogP contribution in [-0.2, 0) is 9.59 Å². The summed E-state index contributed by atoms with van der Waals surface area (Å²) in [5.41, 5.74) is 0. The minimum atomic E-state index is -0.888. The van der Waals surface area contributed by atoms with Crippen molar-refractivity contribution < 1.29 is 19.4 Å². The second kappa shape index (κ2) is 6.32. The van der Waals surface area contributed by atoms with Crippen LogP contribution in [0.4, 0.5) is 0 Å². The lowest BCUT2D eigenvalue weighted by atomic mass is 9.85. The van der Waals surface area contributed by atoms with Crippen LogP contribution in [0.2, 0.25) is 0 Å². The Bertz CT molecular complexity index is 558. The number of nitrogens with zero attached hydrogens (tertiary/aromatic N) is 1. The van der Waals surface area contributed by atoms with E-state index in [1.165, 1.54) is 4.90 Å². The van der Waals surface area contributed by atoms with Crippen LogP contribution >= 0.6 is 0 Å². The van der Waals surface area contributed by atoms with E-state index in [0.29, 0.717) is 18.6 Å². The molecule has 2 amide bonds. The van der Waals surface area contributed by atoms with Crippen molar-refractivity contribution in [3.8, 4) is 5.75 Å². The van der Waals surface area contributed by atoms with E-state index in [0.717, 1.165) is 0 Å². The predicted molar refractivity (Wildman–Crippen MR) is 80.0 cm³/mol. The van der Waals surface area contributed by atoms with Crippen LogP contribution in [0.5, 0.6) is 5.75 Å². The number of β-amino-alcohol motifs (C(OH)–C–C–N with tert-alkyl or cyclic N) is 1. The maximum atomic E-state index is 12.3. The molecule has 1 fully saturated rings. The molecule has 3 rings (SSSR count). The summed E-state index contributed by atoms with van der Waals surface area (Å²) in [6, 6.07) is 9.14. The van der Waals surface area contributed by atoms with Gasteiger partial charge >= 0.3 is 0 Å². The van der Waals surface area contributed by atoms with E-state index in [1.54, 1.807) is 12.1 Å². The molecule has 1 aromatic carbocycles. The van der Waals surface area contributed by atoms with E-state index in [2.05, 4.69) is 0 Å². The van der Waals surface area contributed by atoms with E-state index < -0.39 is 6.10 Å². The van der Waals surface area contributed by atoms with Crippen LogP contribution in [0.1, 0.15) is 12.8 Å². The van der Waals surface area contributed by atoms with Crippen molar-refractivity contribution in [2.45, 2.75) is 18.9 Å². The first-order chi connectivity index (χ1) is 10.7. The molecule has 0 aromatic heterocycles. The van der Waals surface area contributed by atoms with E-state index >= 15 is 0 Å². The predicted octanol–water partition coefficient (Wildman–Crippen LogP) is 1.38. The zero-order valence-electron chi connectivity index (χ0n) is 12.2. The summed E-state index contributed by atoms with van der Waals surface area (Å²) in [5, 5.41) is 10.1. The number of carbonyl (C=O) groups excluding carboxylic acids is 2. The fourth-order valence-electron chi connectivity index (χ4n) is 3.02. The summed E-state index contributed by atoms with van der Waals surface area (Å²) in [4.78, 5) is 25.8. The van der Waals surface area contributed by atoms with Gasteiger partial charge in [-0.05, 0) is 25.0 Å². The molecule has 22 heavy (non-hydrogen) atoms. The van der Waals surface area contributed by atoms with Gasteiger partial charge in [0.05, 0.1) is 18.4 Å². The second-order valence-corrected chi connectivity index (χ2v) is 5.72. The Morgan fingerprint density at radius 3 is 2.27 bits per heavy atom. The Kier molecular flexibility index (Phi) is 4.24. The Morgan fingerprint density at radius 1 is 1.09 bits per heavy atom. The van der Waals surface area contributed by atoms with Crippen LogP contribution in [0.3, 0.4) is 0 Å². The van der Waals surface area contributed by atoms with Crippen molar-refractivity contribution in [1.29, 1.82) is 0 Å². The summed E-state index contributed by atoms with van der Waals surface area (Å²) in [7, 11) is 0. The molecule has 0 unspecified atom stereocenters. The van der Waals surface area contributed by atoms with Crippen LogP contribution < -0.4 is 4.74 Å². The van der Waals surface area contributed by atoms with Crippen molar-refractivity contribution in [2.75, 3.05) is 13.2 Å². The molecule has 3 atom stereocenters. The molecule has 1 aliphatic heterocycles. The third-order valence-electron chi connectivity index (χ3n) is 4.18. The summed E-state index contributed by atoms with van der Waals surface area (Å²) in [5.74, 6) is -0.186. The van der Waals surface area contributed by atoms with Crippen LogP contribution in [0.25, 0.3) is 0 Å². The van der Waals surface area contributed by atoms with Crippen LogP contribution in [0, 0.1) is 11.8 Å². The normalized spacial score (nSPS) is 25.2. The Balaban J connectivity index is 1.56. The molecule has 5 heteroatoms. The van der Waals surface area contributed by atoms with E-state index in [9.17, 15) is 14.7 Å². The van der Waals surface area contributed by atoms with Crippen molar-refractivity contribution in [1.82, 2.24) is 4.90 Å². The standard InChI is InChI=1S/C17H19NO4/c19-12(11-22-13-6-2-1-3-7-13)10-18-16(20)14-8-4-5-9-15(14)17(18)21/h1-7,12,14-15,19H,8-11H2/t12-,14-,15+/m1/s1. The molecule has 1 saturated heterocycles. The van der Waals surface area contributed by atoms with Crippen LogP contribution in [-0.4, -0.2) is 41.1 Å². The van der Waals surface area contributed by atoms with Gasteiger partial charge < -0.3 is 9.84 Å². The molecule has 0 bridgehead atoms. The summed E-state index contributed by atoms with van der Waals surface area (Å²) in [6.45, 7) is 0.0478. The largest absolute Gasteiger partial charge is 0.491 e. The topological polar surface area (TPSA) is 66.8 Å². The average molecular weight is 301 g/mol. The second-order valence-electron chi connectivity index (χ2n) is 5.72. The Morgan fingerprint density at radius 2 is 1.68 bits per heavy atom. The number of amides is 2. The molecule has 1 N–H and O–H groups in total. The third kappa shape index (κ3) is 2.90. The van der Waals surface area contributed by atoms with Crippen molar-refractivity contribution in [3.05, 3.63) is 42.5 Å². The number of allylic oxidation sites excluding steroid dienone is 2. The zero-order chi connectivity index (χ0) is 15.5. The van der Waals surface area contributed by atoms with E-state index in [4.69, 9.17) is 4.74 Å². The maximum absolute atomic E-state index is 12.3. The summed E-state index contributed by atoms with van der Waals surface area (Å²) >= 11 is 0. The fraction of sp³-hybridized carbons (Fsp3) is 0.412.